The molecule has 0 unspecified atom stereocenters. The van der Waals surface area contributed by atoms with Gasteiger partial charge < -0.3 is 19.5 Å². The summed E-state index contributed by atoms with van der Waals surface area (Å²) in [5, 5.41) is 9.54. The second-order valence-corrected chi connectivity index (χ2v) is 7.34. The molecular weight excluding hydrogens is 332 g/mol. The van der Waals surface area contributed by atoms with Crippen molar-refractivity contribution in [1.82, 2.24) is 9.80 Å². The van der Waals surface area contributed by atoms with Crippen LogP contribution in [-0.4, -0.2) is 72.9 Å². The van der Waals surface area contributed by atoms with E-state index in [2.05, 4.69) is 11.8 Å². The van der Waals surface area contributed by atoms with E-state index in [4.69, 9.17) is 9.47 Å². The number of likely N-dealkylation sites (tertiary alicyclic amines) is 1. The third-order valence-electron chi connectivity index (χ3n) is 5.39. The van der Waals surface area contributed by atoms with E-state index in [1.54, 1.807) is 0 Å². The van der Waals surface area contributed by atoms with Crippen LogP contribution in [0.3, 0.4) is 0 Å². The number of aliphatic hydroxyl groups is 1. The molecule has 0 saturated carbocycles. The lowest BCUT2D eigenvalue weighted by atomic mass is 9.99. The van der Waals surface area contributed by atoms with Crippen LogP contribution in [0.15, 0.2) is 24.3 Å². The van der Waals surface area contributed by atoms with Gasteiger partial charge in [0.25, 0.3) is 5.91 Å². The number of rotatable bonds is 6. The largest absolute Gasteiger partial charge is 0.483 e. The van der Waals surface area contributed by atoms with Gasteiger partial charge in [0, 0.05) is 31.7 Å². The lowest BCUT2D eigenvalue weighted by Gasteiger charge is -2.34. The predicted octanol–water partition coefficient (Wildman–Crippen LogP) is 1.52. The zero-order valence-electron chi connectivity index (χ0n) is 15.6. The third-order valence-corrected chi connectivity index (χ3v) is 5.39. The number of benzene rings is 1. The average molecular weight is 362 g/mol. The van der Waals surface area contributed by atoms with Crippen LogP contribution in [0.25, 0.3) is 0 Å². The Labute approximate surface area is 155 Å². The van der Waals surface area contributed by atoms with Crippen molar-refractivity contribution in [1.29, 1.82) is 0 Å². The van der Waals surface area contributed by atoms with E-state index in [0.717, 1.165) is 43.8 Å². The third kappa shape index (κ3) is 4.96. The zero-order valence-corrected chi connectivity index (χ0v) is 15.6. The number of piperidine rings is 1. The molecule has 1 aromatic carbocycles. The molecule has 1 aromatic rings. The molecule has 2 heterocycles. The molecule has 0 aliphatic carbocycles. The van der Waals surface area contributed by atoms with Crippen LogP contribution in [0.5, 0.6) is 5.75 Å². The van der Waals surface area contributed by atoms with Gasteiger partial charge in [0.1, 0.15) is 5.75 Å². The summed E-state index contributed by atoms with van der Waals surface area (Å²) in [6, 6.07) is 7.84. The fourth-order valence-electron chi connectivity index (χ4n) is 3.55. The highest BCUT2D eigenvalue weighted by Crippen LogP contribution is 2.22. The van der Waals surface area contributed by atoms with Crippen molar-refractivity contribution in [2.45, 2.75) is 32.4 Å². The van der Waals surface area contributed by atoms with Crippen LogP contribution in [0.4, 0.5) is 0 Å². The molecule has 1 amide bonds. The van der Waals surface area contributed by atoms with Crippen LogP contribution in [-0.2, 0) is 16.1 Å². The van der Waals surface area contributed by atoms with Gasteiger partial charge in [-0.3, -0.25) is 9.69 Å². The first-order valence-corrected chi connectivity index (χ1v) is 9.58. The number of para-hydroxylation sites is 1. The summed E-state index contributed by atoms with van der Waals surface area (Å²) in [5.74, 6) is 1.51. The second kappa shape index (κ2) is 9.35. The first-order chi connectivity index (χ1) is 12.7. The summed E-state index contributed by atoms with van der Waals surface area (Å²) < 4.78 is 11.3. The standard InChI is InChI=1S/C20H30N2O4/c1-16-6-8-21(9-7-16)20(24)15-26-19-5-3-2-4-17(19)12-22-10-11-25-14-18(22)13-23/h2-5,16,18,23H,6-15H2,1H3/t18-/m0/s1. The van der Waals surface area contributed by atoms with E-state index in [0.29, 0.717) is 25.7 Å². The topological polar surface area (TPSA) is 62.2 Å². The molecule has 0 bridgehead atoms. The van der Waals surface area contributed by atoms with Gasteiger partial charge in [0.2, 0.25) is 0 Å². The second-order valence-electron chi connectivity index (χ2n) is 7.34. The summed E-state index contributed by atoms with van der Waals surface area (Å²) in [7, 11) is 0. The molecule has 0 aromatic heterocycles. The molecule has 2 aliphatic rings. The highest BCUT2D eigenvalue weighted by atomic mass is 16.5. The number of amides is 1. The number of hydrogen-bond donors (Lipinski definition) is 1. The maximum atomic E-state index is 12.4. The van der Waals surface area contributed by atoms with E-state index in [1.807, 2.05) is 29.2 Å². The molecule has 1 N–H and O–H groups in total. The maximum Gasteiger partial charge on any atom is 0.260 e. The number of hydrogen-bond acceptors (Lipinski definition) is 5. The van der Waals surface area contributed by atoms with E-state index >= 15 is 0 Å². The monoisotopic (exact) mass is 362 g/mol. The molecule has 2 saturated heterocycles. The molecule has 6 heteroatoms. The molecular formula is C20H30N2O4. The molecule has 1 atom stereocenters. The molecule has 2 aliphatic heterocycles. The van der Waals surface area contributed by atoms with Gasteiger partial charge in [0.15, 0.2) is 6.61 Å². The Morgan fingerprint density at radius 2 is 2.04 bits per heavy atom. The molecule has 0 spiro atoms. The Morgan fingerprint density at radius 1 is 1.27 bits per heavy atom. The zero-order chi connectivity index (χ0) is 18.4. The highest BCUT2D eigenvalue weighted by molar-refractivity contribution is 5.77. The Morgan fingerprint density at radius 3 is 2.81 bits per heavy atom. The quantitative estimate of drug-likeness (QED) is 0.831. The van der Waals surface area contributed by atoms with Crippen LogP contribution >= 0.6 is 0 Å². The number of morpholine rings is 1. The van der Waals surface area contributed by atoms with Gasteiger partial charge in [-0.25, -0.2) is 0 Å². The summed E-state index contributed by atoms with van der Waals surface area (Å²) in [6.07, 6.45) is 2.14. The SMILES string of the molecule is CC1CCN(C(=O)COc2ccccc2CN2CCOC[C@@H]2CO)CC1. The van der Waals surface area contributed by atoms with Gasteiger partial charge in [-0.2, -0.15) is 0 Å². The summed E-state index contributed by atoms with van der Waals surface area (Å²) in [4.78, 5) is 16.5. The lowest BCUT2D eigenvalue weighted by Crippen LogP contribution is -2.46. The Balaban J connectivity index is 1.57. The van der Waals surface area contributed by atoms with Crippen molar-refractivity contribution in [2.75, 3.05) is 46.1 Å². The van der Waals surface area contributed by atoms with Gasteiger partial charge >= 0.3 is 0 Å². The number of carbonyl (C=O) groups is 1. The van der Waals surface area contributed by atoms with Crippen LogP contribution < -0.4 is 4.74 Å². The fraction of sp³-hybridized carbons (Fsp3) is 0.650. The minimum absolute atomic E-state index is 0.00813. The van der Waals surface area contributed by atoms with Crippen molar-refractivity contribution >= 4 is 5.91 Å². The molecule has 26 heavy (non-hydrogen) atoms. The predicted molar refractivity (Wildman–Crippen MR) is 99.0 cm³/mol. The summed E-state index contributed by atoms with van der Waals surface area (Å²) in [5.41, 5.74) is 1.04. The molecule has 2 fully saturated rings. The van der Waals surface area contributed by atoms with E-state index in [-0.39, 0.29) is 25.2 Å². The molecule has 3 rings (SSSR count). The van der Waals surface area contributed by atoms with Crippen molar-refractivity contribution in [3.63, 3.8) is 0 Å². The first kappa shape index (κ1) is 19.1. The Kier molecular flexibility index (Phi) is 6.88. The van der Waals surface area contributed by atoms with E-state index in [1.165, 1.54) is 0 Å². The van der Waals surface area contributed by atoms with Crippen molar-refractivity contribution < 1.29 is 19.4 Å². The normalized spacial score (nSPS) is 22.4. The van der Waals surface area contributed by atoms with Crippen molar-refractivity contribution in [3.8, 4) is 5.75 Å². The molecule has 144 valence electrons. The number of ether oxygens (including phenoxy) is 2. The van der Waals surface area contributed by atoms with Gasteiger partial charge in [-0.15, -0.1) is 0 Å². The highest BCUT2D eigenvalue weighted by Gasteiger charge is 2.24. The fourth-order valence-corrected chi connectivity index (χ4v) is 3.55. The van der Waals surface area contributed by atoms with Crippen LogP contribution in [0.1, 0.15) is 25.3 Å². The number of nitrogens with zero attached hydrogens (tertiary/aromatic N) is 2. The summed E-state index contributed by atoms with van der Waals surface area (Å²) >= 11 is 0. The van der Waals surface area contributed by atoms with Gasteiger partial charge in [-0.1, -0.05) is 25.1 Å². The Bertz CT molecular complexity index is 587. The Hall–Kier alpha value is -1.63. The first-order valence-electron chi connectivity index (χ1n) is 9.58. The van der Waals surface area contributed by atoms with Gasteiger partial charge in [-0.05, 0) is 24.8 Å². The van der Waals surface area contributed by atoms with E-state index in [9.17, 15) is 9.90 Å². The molecule has 0 radical (unpaired) electrons. The van der Waals surface area contributed by atoms with Crippen molar-refractivity contribution in [2.24, 2.45) is 5.92 Å². The lowest BCUT2D eigenvalue weighted by molar-refractivity contribution is -0.134. The molecule has 6 nitrogen and oxygen atoms in total. The number of carbonyl (C=O) groups excluding carboxylic acids is 1. The minimum atomic E-state index is 0.00813. The van der Waals surface area contributed by atoms with E-state index < -0.39 is 0 Å². The number of aliphatic hydroxyl groups excluding tert-OH is 1. The summed E-state index contributed by atoms with van der Waals surface area (Å²) in [6.45, 7) is 6.74. The van der Waals surface area contributed by atoms with Crippen molar-refractivity contribution in [3.05, 3.63) is 29.8 Å². The smallest absolute Gasteiger partial charge is 0.260 e. The maximum absolute atomic E-state index is 12.4. The van der Waals surface area contributed by atoms with Crippen LogP contribution in [0.2, 0.25) is 0 Å². The van der Waals surface area contributed by atoms with Crippen LogP contribution in [0, 0.1) is 5.92 Å². The average Bonchev–Trinajstić information content (AvgIpc) is 2.68. The minimum Gasteiger partial charge on any atom is -0.483 e. The van der Waals surface area contributed by atoms with Gasteiger partial charge in [0.05, 0.1) is 25.9 Å².